The van der Waals surface area contributed by atoms with Gasteiger partial charge < -0.3 is 5.32 Å². The maximum absolute atomic E-state index is 13.2. The highest BCUT2D eigenvalue weighted by Gasteiger charge is 2.28. The van der Waals surface area contributed by atoms with Crippen molar-refractivity contribution < 1.29 is 17.6 Å². The first-order valence-electron chi connectivity index (χ1n) is 8.50. The van der Waals surface area contributed by atoms with E-state index >= 15 is 0 Å². The first-order valence-corrected chi connectivity index (χ1v) is 10.1. The number of hydrogen-bond donors (Lipinski definition) is 1. The molecule has 0 unspecified atom stereocenters. The van der Waals surface area contributed by atoms with Crippen molar-refractivity contribution in [2.75, 3.05) is 21.9 Å². The van der Waals surface area contributed by atoms with Crippen molar-refractivity contribution in [3.63, 3.8) is 0 Å². The predicted octanol–water partition coefficient (Wildman–Crippen LogP) is 3.25. The summed E-state index contributed by atoms with van der Waals surface area (Å²) in [7, 11) is -3.26. The minimum absolute atomic E-state index is 0.149. The summed E-state index contributed by atoms with van der Waals surface area (Å²) in [4.78, 5) is 12.2. The van der Waals surface area contributed by atoms with Gasteiger partial charge >= 0.3 is 0 Å². The summed E-state index contributed by atoms with van der Waals surface area (Å²) in [5.74, 6) is -0.368. The largest absolute Gasteiger partial charge is 0.326 e. The van der Waals surface area contributed by atoms with Gasteiger partial charge in [0, 0.05) is 18.7 Å². The first-order chi connectivity index (χ1) is 12.3. The molecule has 1 aliphatic rings. The first kappa shape index (κ1) is 18.4. The number of sulfonamides is 1. The van der Waals surface area contributed by atoms with Crippen LogP contribution in [0.15, 0.2) is 42.5 Å². The number of anilines is 2. The maximum atomic E-state index is 13.2. The second kappa shape index (κ2) is 7.45. The molecule has 0 bridgehead atoms. The highest BCUT2D eigenvalue weighted by atomic mass is 32.2. The molecule has 3 rings (SSSR count). The van der Waals surface area contributed by atoms with Crippen LogP contribution in [-0.2, 0) is 21.2 Å². The number of nitrogens with one attached hydrogen (secondary N) is 1. The number of halogens is 1. The van der Waals surface area contributed by atoms with Crippen LogP contribution in [0.3, 0.4) is 0 Å². The summed E-state index contributed by atoms with van der Waals surface area (Å²) >= 11 is 0. The zero-order valence-corrected chi connectivity index (χ0v) is 15.4. The van der Waals surface area contributed by atoms with E-state index in [1.165, 1.54) is 16.4 Å². The fourth-order valence-electron chi connectivity index (χ4n) is 2.99. The molecule has 2 aromatic carbocycles. The lowest BCUT2D eigenvalue weighted by molar-refractivity contribution is -0.116. The molecule has 1 amide bonds. The Bertz CT molecular complexity index is 928. The van der Waals surface area contributed by atoms with E-state index in [0.717, 1.165) is 11.1 Å². The molecule has 0 radical (unpaired) electrons. The van der Waals surface area contributed by atoms with Crippen LogP contribution in [0.2, 0.25) is 0 Å². The Balaban J connectivity index is 1.69. The Morgan fingerprint density at radius 2 is 2.04 bits per heavy atom. The molecular formula is C19H21FN2O3S. The SMILES string of the molecule is Cc1ccc(N2CCCS2(=O)=O)cc1NC(=O)CCc1cccc(F)c1. The molecule has 1 saturated heterocycles. The number of aryl methyl sites for hydroxylation is 2. The van der Waals surface area contributed by atoms with Crippen LogP contribution in [0.5, 0.6) is 0 Å². The molecule has 5 nitrogen and oxygen atoms in total. The van der Waals surface area contributed by atoms with Gasteiger partial charge in [0.05, 0.1) is 11.4 Å². The molecule has 0 spiro atoms. The second-order valence-electron chi connectivity index (χ2n) is 6.42. The number of hydrogen-bond acceptors (Lipinski definition) is 3. The van der Waals surface area contributed by atoms with E-state index < -0.39 is 10.0 Å². The molecule has 7 heteroatoms. The number of carbonyl (C=O) groups excluding carboxylic acids is 1. The van der Waals surface area contributed by atoms with Gasteiger partial charge in [-0.3, -0.25) is 9.10 Å². The van der Waals surface area contributed by atoms with Gasteiger partial charge in [-0.2, -0.15) is 0 Å². The Morgan fingerprint density at radius 3 is 2.73 bits per heavy atom. The molecule has 0 aliphatic carbocycles. The molecule has 138 valence electrons. The Morgan fingerprint density at radius 1 is 1.23 bits per heavy atom. The highest BCUT2D eigenvalue weighted by molar-refractivity contribution is 7.93. The number of rotatable bonds is 5. The van der Waals surface area contributed by atoms with Crippen molar-refractivity contribution in [2.45, 2.75) is 26.2 Å². The van der Waals surface area contributed by atoms with Gasteiger partial charge in [-0.1, -0.05) is 18.2 Å². The van der Waals surface area contributed by atoms with E-state index in [4.69, 9.17) is 0 Å². The van der Waals surface area contributed by atoms with E-state index in [0.29, 0.717) is 30.8 Å². The summed E-state index contributed by atoms with van der Waals surface area (Å²) in [5, 5.41) is 2.83. The van der Waals surface area contributed by atoms with E-state index in [9.17, 15) is 17.6 Å². The van der Waals surface area contributed by atoms with Crippen LogP contribution >= 0.6 is 0 Å². The number of amides is 1. The van der Waals surface area contributed by atoms with Gasteiger partial charge in [-0.15, -0.1) is 0 Å². The van der Waals surface area contributed by atoms with Crippen LogP contribution in [0.1, 0.15) is 24.0 Å². The van der Waals surface area contributed by atoms with Crippen LogP contribution in [-0.4, -0.2) is 26.6 Å². The van der Waals surface area contributed by atoms with Gasteiger partial charge in [-0.25, -0.2) is 12.8 Å². The van der Waals surface area contributed by atoms with Gasteiger partial charge in [0.25, 0.3) is 0 Å². The average Bonchev–Trinajstić information content (AvgIpc) is 2.94. The number of nitrogens with zero attached hydrogens (tertiary/aromatic N) is 1. The van der Waals surface area contributed by atoms with Gasteiger partial charge in [0.15, 0.2) is 0 Å². The average molecular weight is 376 g/mol. The third-order valence-corrected chi connectivity index (χ3v) is 6.28. The molecular weight excluding hydrogens is 355 g/mol. The minimum atomic E-state index is -3.26. The molecule has 1 aliphatic heterocycles. The predicted molar refractivity (Wildman–Crippen MR) is 100 cm³/mol. The summed E-state index contributed by atoms with van der Waals surface area (Å²) in [6, 6.07) is 11.4. The van der Waals surface area contributed by atoms with Crippen molar-refractivity contribution in [1.29, 1.82) is 0 Å². The van der Waals surface area contributed by atoms with Crippen LogP contribution in [0.4, 0.5) is 15.8 Å². The Hall–Kier alpha value is -2.41. The molecule has 1 fully saturated rings. The van der Waals surface area contributed by atoms with Gasteiger partial charge in [0.2, 0.25) is 15.9 Å². The molecule has 1 heterocycles. The third-order valence-electron chi connectivity index (χ3n) is 4.41. The lowest BCUT2D eigenvalue weighted by Gasteiger charge is -2.19. The zero-order valence-electron chi connectivity index (χ0n) is 14.5. The minimum Gasteiger partial charge on any atom is -0.326 e. The van der Waals surface area contributed by atoms with E-state index in [-0.39, 0.29) is 23.9 Å². The smallest absolute Gasteiger partial charge is 0.235 e. The molecule has 2 aromatic rings. The lowest BCUT2D eigenvalue weighted by Crippen LogP contribution is -2.25. The van der Waals surface area contributed by atoms with Gasteiger partial charge in [-0.05, 0) is 55.2 Å². The van der Waals surface area contributed by atoms with Crippen LogP contribution in [0.25, 0.3) is 0 Å². The molecule has 0 aromatic heterocycles. The second-order valence-corrected chi connectivity index (χ2v) is 8.43. The molecule has 0 saturated carbocycles. The summed E-state index contributed by atoms with van der Waals surface area (Å²) in [6.45, 7) is 2.31. The zero-order chi connectivity index (χ0) is 18.7. The van der Waals surface area contributed by atoms with E-state index in [1.807, 2.05) is 6.92 Å². The fourth-order valence-corrected chi connectivity index (χ4v) is 4.55. The third kappa shape index (κ3) is 4.22. The normalized spacial score (nSPS) is 15.8. The van der Waals surface area contributed by atoms with Crippen molar-refractivity contribution in [2.24, 2.45) is 0 Å². The number of benzene rings is 2. The molecule has 0 atom stereocenters. The molecule has 26 heavy (non-hydrogen) atoms. The highest BCUT2D eigenvalue weighted by Crippen LogP contribution is 2.28. The Labute approximate surface area is 152 Å². The summed E-state index contributed by atoms with van der Waals surface area (Å²) < 4.78 is 38.7. The topological polar surface area (TPSA) is 66.5 Å². The van der Waals surface area contributed by atoms with Gasteiger partial charge in [0.1, 0.15) is 5.82 Å². The molecule has 1 N–H and O–H groups in total. The Kier molecular flexibility index (Phi) is 5.27. The standard InChI is InChI=1S/C19H21FN2O3S/c1-14-6-8-17(22-10-3-11-26(22,24)25)13-18(14)21-19(23)9-7-15-4-2-5-16(20)12-15/h2,4-6,8,12-13H,3,7,9-11H2,1H3,(H,21,23). The summed E-state index contributed by atoms with van der Waals surface area (Å²) in [5.41, 5.74) is 2.76. The number of carbonyl (C=O) groups is 1. The monoisotopic (exact) mass is 376 g/mol. The van der Waals surface area contributed by atoms with Crippen molar-refractivity contribution in [1.82, 2.24) is 0 Å². The quantitative estimate of drug-likeness (QED) is 0.871. The van der Waals surface area contributed by atoms with Crippen LogP contribution in [0, 0.1) is 12.7 Å². The van der Waals surface area contributed by atoms with E-state index in [2.05, 4.69) is 5.32 Å². The van der Waals surface area contributed by atoms with Crippen molar-refractivity contribution in [3.05, 3.63) is 59.4 Å². The lowest BCUT2D eigenvalue weighted by atomic mass is 10.1. The summed E-state index contributed by atoms with van der Waals surface area (Å²) in [6.07, 6.45) is 1.25. The van der Waals surface area contributed by atoms with E-state index in [1.54, 1.807) is 30.3 Å². The van der Waals surface area contributed by atoms with Crippen LogP contribution < -0.4 is 9.62 Å². The van der Waals surface area contributed by atoms with Crippen molar-refractivity contribution >= 4 is 27.3 Å². The maximum Gasteiger partial charge on any atom is 0.235 e. The fraction of sp³-hybridized carbons (Fsp3) is 0.316. The van der Waals surface area contributed by atoms with Crippen molar-refractivity contribution in [3.8, 4) is 0 Å².